The van der Waals surface area contributed by atoms with Gasteiger partial charge in [-0.1, -0.05) is 6.07 Å². The lowest BCUT2D eigenvalue weighted by Crippen LogP contribution is -2.21. The second-order valence-electron chi connectivity index (χ2n) is 5.31. The number of carbonyl (C=O) groups excluding carboxylic acids is 1. The van der Waals surface area contributed by atoms with E-state index in [1.54, 1.807) is 36.5 Å². The summed E-state index contributed by atoms with van der Waals surface area (Å²) in [5, 5.41) is 14.8. The highest BCUT2D eigenvalue weighted by Crippen LogP contribution is 2.12. The van der Waals surface area contributed by atoms with Gasteiger partial charge in [0, 0.05) is 18.8 Å². The van der Waals surface area contributed by atoms with Gasteiger partial charge in [-0.2, -0.15) is 5.26 Å². The summed E-state index contributed by atoms with van der Waals surface area (Å²) in [5.41, 5.74) is 2.26. The van der Waals surface area contributed by atoms with Gasteiger partial charge in [0.25, 0.3) is 5.91 Å². The molecular weight excluding hydrogens is 290 g/mol. The molecule has 2 N–H and O–H groups in total. The first-order valence-corrected chi connectivity index (χ1v) is 7.24. The van der Waals surface area contributed by atoms with Crippen molar-refractivity contribution in [2.75, 3.05) is 37.8 Å². The van der Waals surface area contributed by atoms with Gasteiger partial charge in [0.2, 0.25) is 0 Å². The molecule has 0 saturated heterocycles. The minimum atomic E-state index is -0.306. The summed E-state index contributed by atoms with van der Waals surface area (Å²) in [6.45, 7) is 1.72. The number of anilines is 2. The number of nitrogens with one attached hydrogen (secondary N) is 2. The molecule has 0 aliphatic rings. The van der Waals surface area contributed by atoms with Crippen molar-refractivity contribution in [1.29, 1.82) is 5.26 Å². The van der Waals surface area contributed by atoms with Gasteiger partial charge in [0.05, 0.1) is 23.5 Å². The summed E-state index contributed by atoms with van der Waals surface area (Å²) in [6.07, 6.45) is 1.64. The quantitative estimate of drug-likeness (QED) is 0.855. The highest BCUT2D eigenvalue weighted by atomic mass is 16.1. The summed E-state index contributed by atoms with van der Waals surface area (Å²) in [4.78, 5) is 18.4. The first-order valence-electron chi connectivity index (χ1n) is 7.24. The van der Waals surface area contributed by atoms with Crippen LogP contribution in [0.3, 0.4) is 0 Å². The van der Waals surface area contributed by atoms with Crippen molar-refractivity contribution in [3.63, 3.8) is 0 Å². The number of hydrogen-bond acceptors (Lipinski definition) is 5. The molecule has 1 aromatic heterocycles. The number of benzene rings is 1. The molecule has 0 atom stereocenters. The van der Waals surface area contributed by atoms with Crippen molar-refractivity contribution < 1.29 is 4.79 Å². The fourth-order valence-corrected chi connectivity index (χ4v) is 1.92. The van der Waals surface area contributed by atoms with Crippen molar-refractivity contribution in [3.05, 3.63) is 53.9 Å². The van der Waals surface area contributed by atoms with Gasteiger partial charge in [0.15, 0.2) is 0 Å². The van der Waals surface area contributed by atoms with Crippen LogP contribution >= 0.6 is 0 Å². The topological polar surface area (TPSA) is 81.0 Å². The monoisotopic (exact) mass is 309 g/mol. The Morgan fingerprint density at radius 1 is 1.26 bits per heavy atom. The zero-order chi connectivity index (χ0) is 16.7. The molecule has 23 heavy (non-hydrogen) atoms. The van der Waals surface area contributed by atoms with Crippen LogP contribution in [0.5, 0.6) is 0 Å². The van der Waals surface area contributed by atoms with Crippen molar-refractivity contribution in [2.45, 2.75) is 0 Å². The van der Waals surface area contributed by atoms with E-state index in [1.807, 2.05) is 26.2 Å². The third-order valence-corrected chi connectivity index (χ3v) is 3.13. The van der Waals surface area contributed by atoms with Crippen LogP contribution in [0.2, 0.25) is 0 Å². The number of rotatable bonds is 6. The molecule has 6 heteroatoms. The number of nitrogens with zero attached hydrogens (tertiary/aromatic N) is 3. The van der Waals surface area contributed by atoms with E-state index in [1.165, 1.54) is 0 Å². The number of aromatic nitrogens is 1. The van der Waals surface area contributed by atoms with Gasteiger partial charge < -0.3 is 15.5 Å². The highest BCUT2D eigenvalue weighted by molar-refractivity contribution is 6.03. The van der Waals surface area contributed by atoms with E-state index in [2.05, 4.69) is 20.5 Å². The Bertz CT molecular complexity index is 704. The van der Waals surface area contributed by atoms with E-state index in [0.717, 1.165) is 18.8 Å². The van der Waals surface area contributed by atoms with Crippen molar-refractivity contribution >= 4 is 17.3 Å². The largest absolute Gasteiger partial charge is 0.383 e. The van der Waals surface area contributed by atoms with E-state index < -0.39 is 0 Å². The summed E-state index contributed by atoms with van der Waals surface area (Å²) >= 11 is 0. The van der Waals surface area contributed by atoms with Gasteiger partial charge >= 0.3 is 0 Å². The number of hydrogen-bond donors (Lipinski definition) is 2. The van der Waals surface area contributed by atoms with E-state index in [4.69, 9.17) is 5.26 Å². The number of amides is 1. The van der Waals surface area contributed by atoms with Crippen molar-refractivity contribution in [2.24, 2.45) is 0 Å². The third-order valence-electron chi connectivity index (χ3n) is 3.13. The predicted octanol–water partition coefficient (Wildman–Crippen LogP) is 2.18. The molecular formula is C17H19N5O. The van der Waals surface area contributed by atoms with Gasteiger partial charge in [-0.05, 0) is 44.4 Å². The second-order valence-corrected chi connectivity index (χ2v) is 5.31. The van der Waals surface area contributed by atoms with E-state index in [0.29, 0.717) is 16.9 Å². The minimum Gasteiger partial charge on any atom is -0.383 e. The Morgan fingerprint density at radius 3 is 2.74 bits per heavy atom. The Morgan fingerprint density at radius 2 is 2.09 bits per heavy atom. The molecule has 0 fully saturated rings. The maximum atomic E-state index is 12.1. The molecule has 118 valence electrons. The maximum absolute atomic E-state index is 12.1. The lowest BCUT2D eigenvalue weighted by molar-refractivity contribution is 0.102. The zero-order valence-corrected chi connectivity index (χ0v) is 13.2. The average molecular weight is 309 g/mol. The number of nitriles is 1. The van der Waals surface area contributed by atoms with Crippen LogP contribution in [0.25, 0.3) is 0 Å². The molecule has 2 rings (SSSR count). The third kappa shape index (κ3) is 5.09. The molecule has 0 spiro atoms. The Labute approximate surface area is 135 Å². The first-order chi connectivity index (χ1) is 11.1. The lowest BCUT2D eigenvalue weighted by atomic mass is 10.2. The number of carbonyl (C=O) groups is 1. The number of pyridine rings is 1. The molecule has 0 aliphatic carbocycles. The van der Waals surface area contributed by atoms with Gasteiger partial charge in [-0.25, -0.2) is 4.98 Å². The van der Waals surface area contributed by atoms with Crippen LogP contribution in [-0.2, 0) is 0 Å². The van der Waals surface area contributed by atoms with Gasteiger partial charge in [-0.15, -0.1) is 0 Å². The maximum Gasteiger partial charge on any atom is 0.274 e. The zero-order valence-electron chi connectivity index (χ0n) is 13.2. The van der Waals surface area contributed by atoms with E-state index >= 15 is 0 Å². The van der Waals surface area contributed by atoms with Crippen molar-refractivity contribution in [3.8, 4) is 6.07 Å². The molecule has 1 aromatic carbocycles. The Kier molecular flexibility index (Phi) is 5.67. The average Bonchev–Trinajstić information content (AvgIpc) is 2.55. The lowest BCUT2D eigenvalue weighted by Gasteiger charge is -2.11. The first kappa shape index (κ1) is 16.5. The summed E-state index contributed by atoms with van der Waals surface area (Å²) < 4.78 is 0. The Hall–Kier alpha value is -2.91. The summed E-state index contributed by atoms with van der Waals surface area (Å²) in [7, 11) is 4.02. The smallest absolute Gasteiger partial charge is 0.274 e. The molecule has 0 radical (unpaired) electrons. The summed E-state index contributed by atoms with van der Waals surface area (Å²) in [5.74, 6) is -0.306. The fraction of sp³-hybridized carbons (Fsp3) is 0.235. The fourth-order valence-electron chi connectivity index (χ4n) is 1.92. The molecule has 2 aromatic rings. The van der Waals surface area contributed by atoms with E-state index in [-0.39, 0.29) is 5.91 Å². The predicted molar refractivity (Wildman–Crippen MR) is 90.4 cm³/mol. The standard InChI is InChI=1S/C17H19N5O/c1-22(2)9-8-19-15-6-7-16(20-12-15)17(23)21-14-5-3-4-13(10-14)11-18/h3-7,10,12,19H,8-9H2,1-2H3,(H,21,23). The molecule has 1 heterocycles. The molecule has 0 bridgehead atoms. The van der Waals surface area contributed by atoms with Crippen LogP contribution in [0.1, 0.15) is 16.1 Å². The molecule has 1 amide bonds. The summed E-state index contributed by atoms with van der Waals surface area (Å²) in [6, 6.07) is 12.3. The van der Waals surface area contributed by atoms with Gasteiger partial charge in [-0.3, -0.25) is 4.79 Å². The SMILES string of the molecule is CN(C)CCNc1ccc(C(=O)Nc2cccc(C#N)c2)nc1. The molecule has 6 nitrogen and oxygen atoms in total. The van der Waals surface area contributed by atoms with Crippen LogP contribution in [0.4, 0.5) is 11.4 Å². The number of likely N-dealkylation sites (N-methyl/N-ethyl adjacent to an activating group) is 1. The van der Waals surface area contributed by atoms with Crippen molar-refractivity contribution in [1.82, 2.24) is 9.88 Å². The molecule has 0 aliphatic heterocycles. The highest BCUT2D eigenvalue weighted by Gasteiger charge is 2.08. The van der Waals surface area contributed by atoms with Crippen LogP contribution < -0.4 is 10.6 Å². The molecule has 0 saturated carbocycles. The normalized spacial score (nSPS) is 10.2. The van der Waals surface area contributed by atoms with E-state index in [9.17, 15) is 4.79 Å². The Balaban J connectivity index is 1.96. The minimum absolute atomic E-state index is 0.306. The van der Waals surface area contributed by atoms with Gasteiger partial charge in [0.1, 0.15) is 5.69 Å². The van der Waals surface area contributed by atoms with Crippen LogP contribution in [-0.4, -0.2) is 43.0 Å². The molecule has 0 unspecified atom stereocenters. The van der Waals surface area contributed by atoms with Crippen LogP contribution in [0, 0.1) is 11.3 Å². The second kappa shape index (κ2) is 7.92. The van der Waals surface area contributed by atoms with Crippen LogP contribution in [0.15, 0.2) is 42.6 Å².